The zero-order valence-corrected chi connectivity index (χ0v) is 16.7. The molecule has 0 saturated heterocycles. The van der Waals surface area contributed by atoms with Gasteiger partial charge in [-0.25, -0.2) is 4.39 Å². The fourth-order valence-corrected chi connectivity index (χ4v) is 4.41. The monoisotopic (exact) mass is 391 g/mol. The van der Waals surface area contributed by atoms with Crippen LogP contribution >= 0.6 is 0 Å². The van der Waals surface area contributed by atoms with Gasteiger partial charge in [-0.15, -0.1) is 10.2 Å². The van der Waals surface area contributed by atoms with E-state index >= 15 is 0 Å². The molecular weight excluding hydrogens is 369 g/mol. The maximum atomic E-state index is 14.8. The first-order chi connectivity index (χ1) is 13.9. The Morgan fingerprint density at radius 1 is 1.10 bits per heavy atom. The van der Waals surface area contributed by atoms with E-state index in [9.17, 15) is 9.18 Å². The zero-order valence-electron chi connectivity index (χ0n) is 16.7. The van der Waals surface area contributed by atoms with Crippen LogP contribution in [0.25, 0.3) is 16.7 Å². The molecule has 0 N–H and O–H groups in total. The van der Waals surface area contributed by atoms with E-state index in [0.29, 0.717) is 29.2 Å². The summed E-state index contributed by atoms with van der Waals surface area (Å²) in [7, 11) is 1.70. The molecule has 0 aliphatic carbocycles. The number of rotatable bonds is 2. The van der Waals surface area contributed by atoms with Gasteiger partial charge in [-0.3, -0.25) is 13.8 Å². The van der Waals surface area contributed by atoms with Gasteiger partial charge in [-0.05, 0) is 56.0 Å². The lowest BCUT2D eigenvalue weighted by molar-refractivity contribution is 0.589. The minimum absolute atomic E-state index is 0.0972. The van der Waals surface area contributed by atoms with Crippen molar-refractivity contribution in [3.05, 3.63) is 69.0 Å². The van der Waals surface area contributed by atoms with Crippen LogP contribution in [0.2, 0.25) is 0 Å². The summed E-state index contributed by atoms with van der Waals surface area (Å²) >= 11 is 0. The van der Waals surface area contributed by atoms with Crippen LogP contribution in [-0.4, -0.2) is 25.7 Å². The average Bonchev–Trinajstić information content (AvgIpc) is 3.09. The van der Waals surface area contributed by atoms with Gasteiger partial charge >= 0.3 is 0 Å². The van der Waals surface area contributed by atoms with Gasteiger partial charge in [0.05, 0.1) is 23.1 Å². The zero-order chi connectivity index (χ0) is 20.3. The summed E-state index contributed by atoms with van der Waals surface area (Å²) < 4.78 is 18.2. The summed E-state index contributed by atoms with van der Waals surface area (Å²) in [5.74, 6) is 0.988. The number of hydrogen-bond donors (Lipinski definition) is 0. The second-order valence-corrected chi connectivity index (χ2v) is 7.92. The Kier molecular flexibility index (Phi) is 3.94. The molecule has 148 valence electrons. The second-order valence-electron chi connectivity index (χ2n) is 7.92. The molecule has 5 rings (SSSR count). The maximum absolute atomic E-state index is 14.8. The molecular formula is C22H22FN5O. The van der Waals surface area contributed by atoms with Crippen molar-refractivity contribution in [2.45, 2.75) is 33.2 Å². The van der Waals surface area contributed by atoms with Crippen LogP contribution in [0.5, 0.6) is 0 Å². The number of fused-ring (bicyclic) bond motifs is 4. The van der Waals surface area contributed by atoms with Crippen LogP contribution in [0.3, 0.4) is 0 Å². The van der Waals surface area contributed by atoms with Crippen molar-refractivity contribution in [3.63, 3.8) is 0 Å². The minimum Gasteiger partial charge on any atom is -0.361 e. The fourth-order valence-electron chi connectivity index (χ4n) is 4.41. The third-order valence-electron chi connectivity index (χ3n) is 5.75. The molecule has 4 aromatic rings. The van der Waals surface area contributed by atoms with Gasteiger partial charge in [0.15, 0.2) is 5.82 Å². The first kappa shape index (κ1) is 17.8. The molecule has 0 atom stereocenters. The van der Waals surface area contributed by atoms with E-state index in [1.165, 1.54) is 4.57 Å². The van der Waals surface area contributed by atoms with Crippen LogP contribution in [0.1, 0.15) is 28.9 Å². The van der Waals surface area contributed by atoms with Crippen molar-refractivity contribution in [2.75, 3.05) is 11.4 Å². The lowest BCUT2D eigenvalue weighted by Crippen LogP contribution is -2.31. The molecule has 0 fully saturated rings. The largest absolute Gasteiger partial charge is 0.361 e. The highest BCUT2D eigenvalue weighted by molar-refractivity contribution is 5.81. The van der Waals surface area contributed by atoms with Crippen LogP contribution in [0.4, 0.5) is 10.1 Å². The molecule has 3 heterocycles. The van der Waals surface area contributed by atoms with Crippen LogP contribution in [0.15, 0.2) is 35.1 Å². The van der Waals surface area contributed by atoms with Gasteiger partial charge < -0.3 is 4.90 Å². The second kappa shape index (κ2) is 6.40. The lowest BCUT2D eigenvalue weighted by Gasteiger charge is -2.31. The van der Waals surface area contributed by atoms with Crippen molar-refractivity contribution in [1.82, 2.24) is 19.2 Å². The van der Waals surface area contributed by atoms with Gasteiger partial charge in [-0.2, -0.15) is 0 Å². The molecule has 0 saturated carbocycles. The molecule has 2 aromatic heterocycles. The summed E-state index contributed by atoms with van der Waals surface area (Å²) in [6.07, 6.45) is 1.84. The number of hydrogen-bond acceptors (Lipinski definition) is 4. The topological polar surface area (TPSA) is 55.4 Å². The maximum Gasteiger partial charge on any atom is 0.262 e. The molecule has 1 aliphatic heterocycles. The van der Waals surface area contributed by atoms with Crippen LogP contribution < -0.4 is 10.5 Å². The first-order valence-corrected chi connectivity index (χ1v) is 9.81. The number of halogens is 1. The van der Waals surface area contributed by atoms with E-state index in [-0.39, 0.29) is 11.4 Å². The molecule has 0 spiro atoms. The molecule has 0 unspecified atom stereocenters. The molecule has 6 nitrogen and oxygen atoms in total. The Hall–Kier alpha value is -3.22. The van der Waals surface area contributed by atoms with Gasteiger partial charge in [0.2, 0.25) is 5.78 Å². The van der Waals surface area contributed by atoms with Gasteiger partial charge in [0.1, 0.15) is 5.82 Å². The SMILES string of the molecule is Cc1cc(F)c2c(c1)CCCN2Cc1nnc2n(C)c(=O)c3cc(C)ccc3n12. The Labute approximate surface area is 167 Å². The van der Waals surface area contributed by atoms with Crippen molar-refractivity contribution in [2.24, 2.45) is 7.05 Å². The number of nitrogens with zero attached hydrogens (tertiary/aromatic N) is 5. The van der Waals surface area contributed by atoms with E-state index in [1.54, 1.807) is 13.1 Å². The van der Waals surface area contributed by atoms with Gasteiger partial charge in [-0.1, -0.05) is 17.7 Å². The standard InChI is InChI=1S/C22H22FN5O/c1-13-6-7-18-16(10-13)21(29)26(3)22-25-24-19(28(18)22)12-27-8-4-5-15-9-14(2)11-17(23)20(15)27/h6-7,9-11H,4-5,8,12H2,1-3H3. The van der Waals surface area contributed by atoms with Crippen molar-refractivity contribution in [1.29, 1.82) is 0 Å². The number of aryl methyl sites for hydroxylation is 4. The quantitative estimate of drug-likeness (QED) is 0.526. The highest BCUT2D eigenvalue weighted by Gasteiger charge is 2.24. The summed E-state index contributed by atoms with van der Waals surface area (Å²) in [5, 5.41) is 9.27. The van der Waals surface area contributed by atoms with E-state index in [0.717, 1.165) is 41.6 Å². The Morgan fingerprint density at radius 2 is 1.93 bits per heavy atom. The summed E-state index contributed by atoms with van der Waals surface area (Å²) in [5.41, 5.74) is 4.33. The van der Waals surface area contributed by atoms with E-state index in [4.69, 9.17) is 0 Å². The minimum atomic E-state index is -0.193. The average molecular weight is 391 g/mol. The molecule has 7 heteroatoms. The van der Waals surface area contributed by atoms with Gasteiger partial charge in [0, 0.05) is 13.6 Å². The van der Waals surface area contributed by atoms with Crippen molar-refractivity contribution >= 4 is 22.4 Å². The Morgan fingerprint density at radius 3 is 2.76 bits per heavy atom. The number of benzene rings is 2. The third-order valence-corrected chi connectivity index (χ3v) is 5.75. The Balaban J connectivity index is 1.69. The summed E-state index contributed by atoms with van der Waals surface area (Å²) in [6, 6.07) is 9.44. The normalized spacial score (nSPS) is 14.0. The Bertz CT molecular complexity index is 1340. The molecule has 0 amide bonds. The van der Waals surface area contributed by atoms with Crippen molar-refractivity contribution in [3.8, 4) is 0 Å². The number of aromatic nitrogens is 4. The van der Waals surface area contributed by atoms with E-state index in [1.807, 2.05) is 41.3 Å². The number of anilines is 1. The predicted octanol–water partition coefficient (Wildman–Crippen LogP) is 3.29. The van der Waals surface area contributed by atoms with Crippen LogP contribution in [0, 0.1) is 19.7 Å². The highest BCUT2D eigenvalue weighted by atomic mass is 19.1. The van der Waals surface area contributed by atoms with E-state index < -0.39 is 0 Å². The third kappa shape index (κ3) is 2.72. The van der Waals surface area contributed by atoms with Crippen LogP contribution in [-0.2, 0) is 20.0 Å². The molecule has 2 aromatic carbocycles. The summed E-state index contributed by atoms with van der Waals surface area (Å²) in [6.45, 7) is 5.06. The highest BCUT2D eigenvalue weighted by Crippen LogP contribution is 2.32. The molecule has 1 aliphatic rings. The molecule has 0 bridgehead atoms. The predicted molar refractivity (Wildman–Crippen MR) is 111 cm³/mol. The smallest absolute Gasteiger partial charge is 0.262 e. The first-order valence-electron chi connectivity index (χ1n) is 9.81. The lowest BCUT2D eigenvalue weighted by atomic mass is 9.99. The molecule has 29 heavy (non-hydrogen) atoms. The molecule has 0 radical (unpaired) electrons. The van der Waals surface area contributed by atoms with Gasteiger partial charge in [0.25, 0.3) is 5.56 Å². The summed E-state index contributed by atoms with van der Waals surface area (Å²) in [4.78, 5) is 14.8. The fraction of sp³-hybridized carbons (Fsp3) is 0.318. The van der Waals surface area contributed by atoms with Crippen molar-refractivity contribution < 1.29 is 4.39 Å². The van der Waals surface area contributed by atoms with E-state index in [2.05, 4.69) is 16.3 Å².